The first-order valence-corrected chi connectivity index (χ1v) is 9.50. The Morgan fingerprint density at radius 1 is 1.22 bits per heavy atom. The molecule has 0 radical (unpaired) electrons. The molecule has 0 bridgehead atoms. The third-order valence-corrected chi connectivity index (χ3v) is 5.22. The Morgan fingerprint density at radius 3 is 2.59 bits per heavy atom. The van der Waals surface area contributed by atoms with Crippen LogP contribution in [0.5, 0.6) is 0 Å². The smallest absolute Gasteiger partial charge is 0.227 e. The van der Waals surface area contributed by atoms with Gasteiger partial charge in [-0.25, -0.2) is 0 Å². The summed E-state index contributed by atoms with van der Waals surface area (Å²) in [5.41, 5.74) is 2.97. The van der Waals surface area contributed by atoms with Crippen LogP contribution in [0.1, 0.15) is 25.3 Å². The zero-order valence-electron chi connectivity index (χ0n) is 16.1. The molecule has 1 aliphatic heterocycles. The molecule has 1 aromatic carbocycles. The zero-order valence-corrected chi connectivity index (χ0v) is 16.1. The van der Waals surface area contributed by atoms with E-state index in [0.29, 0.717) is 19.8 Å². The predicted molar refractivity (Wildman–Crippen MR) is 105 cm³/mol. The number of methoxy groups -OCH3 is 1. The Morgan fingerprint density at radius 2 is 1.96 bits per heavy atom. The number of nitrogens with one attached hydrogen (secondary N) is 1. The van der Waals surface area contributed by atoms with Crippen LogP contribution in [-0.4, -0.2) is 43.9 Å². The lowest BCUT2D eigenvalue weighted by molar-refractivity contribution is -0.137. The quantitative estimate of drug-likeness (QED) is 0.815. The molecule has 0 saturated carbocycles. The molecule has 1 saturated heterocycles. The van der Waals surface area contributed by atoms with Gasteiger partial charge in [0.2, 0.25) is 5.91 Å². The number of ether oxygens (including phenoxy) is 2. The minimum Gasteiger partial charge on any atom is -0.383 e. The number of amides is 1. The van der Waals surface area contributed by atoms with Crippen LogP contribution in [0, 0.1) is 5.41 Å². The molecular weight excluding hydrogens is 340 g/mol. The first-order valence-electron chi connectivity index (χ1n) is 9.50. The fourth-order valence-electron chi connectivity index (χ4n) is 3.65. The number of rotatable bonds is 7. The molecule has 27 heavy (non-hydrogen) atoms. The van der Waals surface area contributed by atoms with Crippen LogP contribution in [0.15, 0.2) is 48.8 Å². The SMILES string of the molecule is COCC(C)NC(=O)C1(Cc2ccc(-c3cccnc3)cc2)CCOCC1. The molecule has 1 aliphatic rings. The Kier molecular flexibility index (Phi) is 6.58. The molecule has 2 heterocycles. The van der Waals surface area contributed by atoms with Crippen molar-refractivity contribution < 1.29 is 14.3 Å². The summed E-state index contributed by atoms with van der Waals surface area (Å²) < 4.78 is 10.7. The van der Waals surface area contributed by atoms with E-state index in [-0.39, 0.29) is 11.9 Å². The summed E-state index contributed by atoms with van der Waals surface area (Å²) in [6, 6.07) is 12.4. The molecule has 0 aliphatic carbocycles. The number of carbonyl (C=O) groups excluding carboxylic acids is 1. The van der Waals surface area contributed by atoms with Gasteiger partial charge in [-0.2, -0.15) is 0 Å². The number of hydrogen-bond donors (Lipinski definition) is 1. The fourth-order valence-corrected chi connectivity index (χ4v) is 3.65. The molecule has 144 valence electrons. The van der Waals surface area contributed by atoms with E-state index in [1.165, 1.54) is 5.56 Å². The summed E-state index contributed by atoms with van der Waals surface area (Å²) in [5, 5.41) is 3.12. The maximum absolute atomic E-state index is 13.1. The van der Waals surface area contributed by atoms with Gasteiger partial charge in [-0.15, -0.1) is 0 Å². The van der Waals surface area contributed by atoms with Gasteiger partial charge in [-0.05, 0) is 48.9 Å². The molecule has 2 aromatic rings. The summed E-state index contributed by atoms with van der Waals surface area (Å²) >= 11 is 0. The lowest BCUT2D eigenvalue weighted by Gasteiger charge is -2.36. The second kappa shape index (κ2) is 9.11. The van der Waals surface area contributed by atoms with E-state index >= 15 is 0 Å². The maximum atomic E-state index is 13.1. The molecule has 1 aromatic heterocycles. The largest absolute Gasteiger partial charge is 0.383 e. The number of carbonyl (C=O) groups is 1. The molecule has 3 rings (SSSR count). The molecule has 1 amide bonds. The Hall–Kier alpha value is -2.24. The van der Waals surface area contributed by atoms with Gasteiger partial charge in [0.1, 0.15) is 0 Å². The van der Waals surface area contributed by atoms with Crippen molar-refractivity contribution in [2.75, 3.05) is 26.9 Å². The summed E-state index contributed by atoms with van der Waals surface area (Å²) in [5.74, 6) is 0.103. The average molecular weight is 368 g/mol. The number of benzene rings is 1. The van der Waals surface area contributed by atoms with Crippen molar-refractivity contribution in [3.63, 3.8) is 0 Å². The average Bonchev–Trinajstić information content (AvgIpc) is 2.70. The van der Waals surface area contributed by atoms with E-state index in [1.54, 1.807) is 13.3 Å². The van der Waals surface area contributed by atoms with Gasteiger partial charge in [0.25, 0.3) is 0 Å². The lowest BCUT2D eigenvalue weighted by atomic mass is 9.74. The monoisotopic (exact) mass is 368 g/mol. The Labute approximate surface area is 161 Å². The molecule has 0 spiro atoms. The molecule has 5 heteroatoms. The number of pyridine rings is 1. The van der Waals surface area contributed by atoms with Crippen LogP contribution in [0.25, 0.3) is 11.1 Å². The number of nitrogens with zero attached hydrogens (tertiary/aromatic N) is 1. The highest BCUT2D eigenvalue weighted by atomic mass is 16.5. The van der Waals surface area contributed by atoms with Crippen molar-refractivity contribution in [1.82, 2.24) is 10.3 Å². The lowest BCUT2D eigenvalue weighted by Crippen LogP contribution is -2.49. The summed E-state index contributed by atoms with van der Waals surface area (Å²) in [6.45, 7) is 3.73. The van der Waals surface area contributed by atoms with Crippen LogP contribution >= 0.6 is 0 Å². The minimum absolute atomic E-state index is 0.00447. The summed E-state index contributed by atoms with van der Waals surface area (Å²) in [7, 11) is 1.65. The van der Waals surface area contributed by atoms with Crippen molar-refractivity contribution in [2.45, 2.75) is 32.2 Å². The van der Waals surface area contributed by atoms with Crippen molar-refractivity contribution >= 4 is 5.91 Å². The molecular formula is C22H28N2O3. The van der Waals surface area contributed by atoms with Gasteiger partial charge in [0.05, 0.1) is 12.0 Å². The van der Waals surface area contributed by atoms with E-state index in [9.17, 15) is 4.79 Å². The predicted octanol–water partition coefficient (Wildman–Crippen LogP) is 3.24. The van der Waals surface area contributed by atoms with Gasteiger partial charge >= 0.3 is 0 Å². The van der Waals surface area contributed by atoms with Gasteiger partial charge < -0.3 is 14.8 Å². The first-order chi connectivity index (χ1) is 13.1. The van der Waals surface area contributed by atoms with Gasteiger partial charge in [-0.1, -0.05) is 30.3 Å². The number of aromatic nitrogens is 1. The van der Waals surface area contributed by atoms with E-state index < -0.39 is 5.41 Å². The van der Waals surface area contributed by atoms with Crippen molar-refractivity contribution in [2.24, 2.45) is 5.41 Å². The number of hydrogen-bond acceptors (Lipinski definition) is 4. The molecule has 1 unspecified atom stereocenters. The Balaban J connectivity index is 1.75. The topological polar surface area (TPSA) is 60.5 Å². The molecule has 1 N–H and O–H groups in total. The van der Waals surface area contributed by atoms with Crippen LogP contribution in [0.2, 0.25) is 0 Å². The normalized spacial score (nSPS) is 17.3. The van der Waals surface area contributed by atoms with E-state index in [4.69, 9.17) is 9.47 Å². The van der Waals surface area contributed by atoms with Gasteiger partial charge in [0, 0.05) is 38.8 Å². The zero-order chi connectivity index (χ0) is 19.1. The van der Waals surface area contributed by atoms with Crippen molar-refractivity contribution in [3.05, 3.63) is 54.4 Å². The fraction of sp³-hybridized carbons (Fsp3) is 0.455. The standard InChI is InChI=1S/C22H28N2O3/c1-17(16-26-2)24-21(25)22(9-12-27-13-10-22)14-18-5-7-19(8-6-18)20-4-3-11-23-15-20/h3-8,11,15,17H,9-10,12-14,16H2,1-2H3,(H,24,25). The van der Waals surface area contributed by atoms with Crippen LogP contribution in [0.4, 0.5) is 0 Å². The van der Waals surface area contributed by atoms with Crippen LogP contribution in [-0.2, 0) is 20.7 Å². The van der Waals surface area contributed by atoms with E-state index in [2.05, 4.69) is 34.6 Å². The summed E-state index contributed by atoms with van der Waals surface area (Å²) in [4.78, 5) is 17.2. The highest BCUT2D eigenvalue weighted by Crippen LogP contribution is 2.35. The Bertz CT molecular complexity index is 725. The second-order valence-corrected chi connectivity index (χ2v) is 7.34. The molecule has 1 fully saturated rings. The molecule has 5 nitrogen and oxygen atoms in total. The highest BCUT2D eigenvalue weighted by Gasteiger charge is 2.40. The van der Waals surface area contributed by atoms with Crippen molar-refractivity contribution in [1.29, 1.82) is 0 Å². The van der Waals surface area contributed by atoms with E-state index in [0.717, 1.165) is 30.4 Å². The highest BCUT2D eigenvalue weighted by molar-refractivity contribution is 5.83. The third kappa shape index (κ3) is 4.93. The van der Waals surface area contributed by atoms with Crippen LogP contribution in [0.3, 0.4) is 0 Å². The summed E-state index contributed by atoms with van der Waals surface area (Å²) in [6.07, 6.45) is 5.83. The van der Waals surface area contributed by atoms with Crippen molar-refractivity contribution in [3.8, 4) is 11.1 Å². The third-order valence-electron chi connectivity index (χ3n) is 5.22. The van der Waals surface area contributed by atoms with E-state index in [1.807, 2.05) is 25.3 Å². The molecule has 1 atom stereocenters. The van der Waals surface area contributed by atoms with Gasteiger partial charge in [0.15, 0.2) is 0 Å². The second-order valence-electron chi connectivity index (χ2n) is 7.34. The maximum Gasteiger partial charge on any atom is 0.227 e. The first kappa shape index (κ1) is 19.5. The minimum atomic E-state index is -0.421. The van der Waals surface area contributed by atoms with Gasteiger partial charge in [-0.3, -0.25) is 9.78 Å². The van der Waals surface area contributed by atoms with Crippen LogP contribution < -0.4 is 5.32 Å².